The number of hydrogen-bond donors (Lipinski definition) is 1. The average molecular weight is 353 g/mol. The van der Waals surface area contributed by atoms with Crippen molar-refractivity contribution in [1.29, 1.82) is 0 Å². The zero-order valence-electron chi connectivity index (χ0n) is 13.9. The molecule has 0 fully saturated rings. The van der Waals surface area contributed by atoms with Crippen LogP contribution < -0.4 is 5.14 Å². The fourth-order valence-electron chi connectivity index (χ4n) is 2.61. The second kappa shape index (κ2) is 6.66. The van der Waals surface area contributed by atoms with Gasteiger partial charge in [-0.3, -0.25) is 4.68 Å². The van der Waals surface area contributed by atoms with Gasteiger partial charge in [-0.2, -0.15) is 5.10 Å². The van der Waals surface area contributed by atoms with E-state index in [-0.39, 0.29) is 4.90 Å². The molecule has 0 aliphatic heterocycles. The molecule has 128 valence electrons. The molecule has 0 bridgehead atoms. The Hall–Kier alpha value is -2.70. The van der Waals surface area contributed by atoms with Gasteiger partial charge in [0.05, 0.1) is 11.4 Å². The van der Waals surface area contributed by atoms with Crippen molar-refractivity contribution in [2.24, 2.45) is 5.14 Å². The Balaban J connectivity index is 2.11. The third-order valence-electron chi connectivity index (χ3n) is 3.90. The van der Waals surface area contributed by atoms with Gasteiger partial charge in [-0.15, -0.1) is 6.58 Å². The summed E-state index contributed by atoms with van der Waals surface area (Å²) in [6, 6.07) is 14.6. The molecule has 0 saturated carbocycles. The smallest absolute Gasteiger partial charge is 0.238 e. The number of hydrogen-bond acceptors (Lipinski definition) is 3. The standard InChI is InChI=1S/C19H19N3O2S/c1-3-12-22-13-18(15-6-4-14(2)5-7-15)19(21-22)16-8-10-17(11-9-16)25(20,23)24/h3-11,13H,1,12H2,2H3,(H2,20,23,24). The topological polar surface area (TPSA) is 78.0 Å². The molecular formula is C19H19N3O2S. The number of benzene rings is 2. The Kier molecular flexibility index (Phi) is 4.57. The molecule has 0 aliphatic carbocycles. The van der Waals surface area contributed by atoms with Crippen LogP contribution in [0.2, 0.25) is 0 Å². The minimum absolute atomic E-state index is 0.0821. The fraction of sp³-hybridized carbons (Fsp3) is 0.105. The van der Waals surface area contributed by atoms with Crippen LogP contribution in [0.3, 0.4) is 0 Å². The lowest BCUT2D eigenvalue weighted by atomic mass is 10.0. The number of allylic oxidation sites excluding steroid dienone is 1. The molecule has 0 aliphatic rings. The number of aryl methyl sites for hydroxylation is 1. The molecule has 0 saturated heterocycles. The molecule has 25 heavy (non-hydrogen) atoms. The monoisotopic (exact) mass is 353 g/mol. The Morgan fingerprint density at radius 1 is 1.08 bits per heavy atom. The quantitative estimate of drug-likeness (QED) is 0.715. The second-order valence-corrected chi connectivity index (χ2v) is 7.40. The van der Waals surface area contributed by atoms with E-state index in [0.29, 0.717) is 6.54 Å². The van der Waals surface area contributed by atoms with Gasteiger partial charge in [0.15, 0.2) is 0 Å². The maximum absolute atomic E-state index is 11.4. The summed E-state index contributed by atoms with van der Waals surface area (Å²) in [5, 5.41) is 9.79. The first-order chi connectivity index (χ1) is 11.9. The predicted octanol–water partition coefficient (Wildman–Crippen LogP) is 3.36. The normalized spacial score (nSPS) is 11.4. The summed E-state index contributed by atoms with van der Waals surface area (Å²) in [5.41, 5.74) is 4.82. The first kappa shape index (κ1) is 17.1. The number of rotatable bonds is 5. The van der Waals surface area contributed by atoms with Gasteiger partial charge in [-0.05, 0) is 24.6 Å². The van der Waals surface area contributed by atoms with E-state index < -0.39 is 10.0 Å². The Bertz CT molecular complexity index is 1000. The van der Waals surface area contributed by atoms with Crippen molar-refractivity contribution < 1.29 is 8.42 Å². The van der Waals surface area contributed by atoms with E-state index in [4.69, 9.17) is 5.14 Å². The highest BCUT2D eigenvalue weighted by Crippen LogP contribution is 2.31. The highest BCUT2D eigenvalue weighted by molar-refractivity contribution is 7.89. The van der Waals surface area contributed by atoms with Crippen molar-refractivity contribution in [3.05, 3.63) is 72.9 Å². The van der Waals surface area contributed by atoms with Crippen molar-refractivity contribution in [2.45, 2.75) is 18.4 Å². The Morgan fingerprint density at radius 3 is 2.24 bits per heavy atom. The van der Waals surface area contributed by atoms with Crippen LogP contribution in [0.25, 0.3) is 22.4 Å². The van der Waals surface area contributed by atoms with Gasteiger partial charge in [-0.1, -0.05) is 48.0 Å². The van der Waals surface area contributed by atoms with Gasteiger partial charge in [0.1, 0.15) is 5.69 Å². The van der Waals surface area contributed by atoms with E-state index >= 15 is 0 Å². The molecule has 0 spiro atoms. The van der Waals surface area contributed by atoms with Crippen molar-refractivity contribution in [1.82, 2.24) is 9.78 Å². The van der Waals surface area contributed by atoms with Gasteiger partial charge in [0, 0.05) is 17.3 Å². The van der Waals surface area contributed by atoms with Crippen LogP contribution >= 0.6 is 0 Å². The minimum atomic E-state index is -3.71. The highest BCUT2D eigenvalue weighted by atomic mass is 32.2. The third kappa shape index (κ3) is 3.70. The summed E-state index contributed by atoms with van der Waals surface area (Å²) in [6.07, 6.45) is 3.75. The molecule has 3 rings (SSSR count). The molecule has 2 aromatic carbocycles. The average Bonchev–Trinajstić information content (AvgIpc) is 2.99. The Morgan fingerprint density at radius 2 is 1.68 bits per heavy atom. The molecule has 0 amide bonds. The first-order valence-electron chi connectivity index (χ1n) is 7.77. The molecule has 2 N–H and O–H groups in total. The minimum Gasteiger partial charge on any atom is -0.268 e. The molecule has 5 nitrogen and oxygen atoms in total. The van der Waals surface area contributed by atoms with E-state index in [1.54, 1.807) is 18.2 Å². The zero-order chi connectivity index (χ0) is 18.0. The lowest BCUT2D eigenvalue weighted by molar-refractivity contribution is 0.598. The summed E-state index contributed by atoms with van der Waals surface area (Å²) in [4.78, 5) is 0.0821. The van der Waals surface area contributed by atoms with Crippen LogP contribution in [0.15, 0.2) is 72.3 Å². The maximum atomic E-state index is 11.4. The van der Waals surface area contributed by atoms with Crippen LogP contribution in [-0.2, 0) is 16.6 Å². The van der Waals surface area contributed by atoms with E-state index in [1.165, 1.54) is 17.7 Å². The Labute approximate surface area is 147 Å². The van der Waals surface area contributed by atoms with E-state index in [1.807, 2.05) is 42.1 Å². The molecule has 0 unspecified atom stereocenters. The van der Waals surface area contributed by atoms with Gasteiger partial charge >= 0.3 is 0 Å². The van der Waals surface area contributed by atoms with Crippen LogP contribution in [0.5, 0.6) is 0 Å². The van der Waals surface area contributed by atoms with Crippen LogP contribution in [0.1, 0.15) is 5.56 Å². The molecule has 6 heteroatoms. The summed E-state index contributed by atoms with van der Waals surface area (Å²) in [5.74, 6) is 0. The van der Waals surface area contributed by atoms with Crippen molar-refractivity contribution in [3.63, 3.8) is 0 Å². The molecular weight excluding hydrogens is 334 g/mol. The second-order valence-electron chi connectivity index (χ2n) is 5.84. The molecule has 3 aromatic rings. The number of sulfonamides is 1. The fourth-order valence-corrected chi connectivity index (χ4v) is 3.12. The predicted molar refractivity (Wildman–Crippen MR) is 99.4 cm³/mol. The number of aromatic nitrogens is 2. The van der Waals surface area contributed by atoms with E-state index in [0.717, 1.165) is 22.4 Å². The molecule has 1 heterocycles. The zero-order valence-corrected chi connectivity index (χ0v) is 14.7. The van der Waals surface area contributed by atoms with E-state index in [9.17, 15) is 8.42 Å². The number of nitrogens with two attached hydrogens (primary N) is 1. The largest absolute Gasteiger partial charge is 0.268 e. The summed E-state index contributed by atoms with van der Waals surface area (Å²) in [7, 11) is -3.71. The van der Waals surface area contributed by atoms with Crippen LogP contribution in [0.4, 0.5) is 0 Å². The van der Waals surface area contributed by atoms with Gasteiger partial charge in [0.2, 0.25) is 10.0 Å². The molecule has 0 atom stereocenters. The van der Waals surface area contributed by atoms with Crippen molar-refractivity contribution >= 4 is 10.0 Å². The van der Waals surface area contributed by atoms with Crippen LogP contribution in [0, 0.1) is 6.92 Å². The lowest BCUT2D eigenvalue weighted by Crippen LogP contribution is -2.11. The summed E-state index contributed by atoms with van der Waals surface area (Å²) >= 11 is 0. The molecule has 0 radical (unpaired) electrons. The SMILES string of the molecule is C=CCn1cc(-c2ccc(C)cc2)c(-c2ccc(S(N)(=O)=O)cc2)n1. The van der Waals surface area contributed by atoms with Gasteiger partial charge in [0.25, 0.3) is 0 Å². The maximum Gasteiger partial charge on any atom is 0.238 e. The number of nitrogens with zero attached hydrogens (tertiary/aromatic N) is 2. The highest BCUT2D eigenvalue weighted by Gasteiger charge is 2.14. The van der Waals surface area contributed by atoms with Crippen LogP contribution in [-0.4, -0.2) is 18.2 Å². The summed E-state index contributed by atoms with van der Waals surface area (Å²) < 4.78 is 24.7. The van der Waals surface area contributed by atoms with Gasteiger partial charge in [-0.25, -0.2) is 13.6 Å². The first-order valence-corrected chi connectivity index (χ1v) is 9.32. The number of primary sulfonamides is 1. The molecule has 1 aromatic heterocycles. The lowest BCUT2D eigenvalue weighted by Gasteiger charge is -2.04. The van der Waals surface area contributed by atoms with E-state index in [2.05, 4.69) is 11.7 Å². The van der Waals surface area contributed by atoms with Crippen molar-refractivity contribution in [3.8, 4) is 22.4 Å². The van der Waals surface area contributed by atoms with Crippen molar-refractivity contribution in [2.75, 3.05) is 0 Å². The van der Waals surface area contributed by atoms with Gasteiger partial charge < -0.3 is 0 Å². The third-order valence-corrected chi connectivity index (χ3v) is 4.83. The summed E-state index contributed by atoms with van der Waals surface area (Å²) in [6.45, 7) is 6.38.